The molecule has 2 aliphatic heterocycles. The Hall–Kier alpha value is -1.56. The van der Waals surface area contributed by atoms with E-state index in [4.69, 9.17) is 5.73 Å². The molecule has 5 N–H and O–H groups in total. The summed E-state index contributed by atoms with van der Waals surface area (Å²) < 4.78 is 0. The standard InChI is InChI=1S/C13H16N4O5S2/c1-17-13(15-10(19)11(20)16-17)24-3-4-2-23-9-6(5(4)12(21)22)8(18)7(9)14/h6-7,9,13H,2-3,14H2,1H3,(H,15,19)(H,16,20)(H,21,22). The number of carboxylic acids is 1. The number of hydrogen-bond donors (Lipinski definition) is 4. The molecule has 0 bridgehead atoms. The maximum atomic E-state index is 11.9. The molecule has 3 aliphatic rings. The van der Waals surface area contributed by atoms with Gasteiger partial charge in [0.15, 0.2) is 5.78 Å². The van der Waals surface area contributed by atoms with Gasteiger partial charge in [-0.1, -0.05) is 0 Å². The van der Waals surface area contributed by atoms with Crippen molar-refractivity contribution in [3.63, 3.8) is 0 Å². The van der Waals surface area contributed by atoms with Crippen molar-refractivity contribution in [2.24, 2.45) is 11.7 Å². The fourth-order valence-corrected chi connectivity index (χ4v) is 5.57. The summed E-state index contributed by atoms with van der Waals surface area (Å²) in [6.07, 6.45) is 0. The van der Waals surface area contributed by atoms with Gasteiger partial charge in [-0.15, -0.1) is 11.8 Å². The molecule has 2 amide bonds. The van der Waals surface area contributed by atoms with Crippen LogP contribution in [0.4, 0.5) is 0 Å². The summed E-state index contributed by atoms with van der Waals surface area (Å²) in [5.41, 5.74) is 8.40. The quantitative estimate of drug-likeness (QED) is 0.417. The number of Topliss-reactive ketones (excluding diaryl/α,β-unsaturated/α-hetero) is 1. The second kappa shape index (κ2) is 6.39. The highest BCUT2D eigenvalue weighted by Gasteiger charge is 2.54. The van der Waals surface area contributed by atoms with Crippen LogP contribution in [0.1, 0.15) is 0 Å². The molecule has 2 heterocycles. The predicted molar refractivity (Wildman–Crippen MR) is 87.7 cm³/mol. The molecule has 0 aromatic rings. The zero-order valence-electron chi connectivity index (χ0n) is 12.6. The van der Waals surface area contributed by atoms with E-state index in [0.29, 0.717) is 17.1 Å². The number of amides is 2. The maximum absolute atomic E-state index is 11.9. The van der Waals surface area contributed by atoms with Crippen LogP contribution in [0.3, 0.4) is 0 Å². The third-order valence-electron chi connectivity index (χ3n) is 4.20. The third-order valence-corrected chi connectivity index (χ3v) is 6.93. The van der Waals surface area contributed by atoms with E-state index in [1.54, 1.807) is 7.05 Å². The zero-order valence-corrected chi connectivity index (χ0v) is 14.3. The number of ketones is 1. The molecular weight excluding hydrogens is 356 g/mol. The monoisotopic (exact) mass is 372 g/mol. The number of carboxylic acid groups (broad SMARTS) is 1. The van der Waals surface area contributed by atoms with Gasteiger partial charge in [0.05, 0.1) is 12.0 Å². The van der Waals surface area contributed by atoms with Crippen molar-refractivity contribution in [2.45, 2.75) is 16.8 Å². The average Bonchev–Trinajstić information content (AvgIpc) is 2.55. The summed E-state index contributed by atoms with van der Waals surface area (Å²) in [6, 6.07) is -0.595. The minimum Gasteiger partial charge on any atom is -0.478 e. The molecule has 24 heavy (non-hydrogen) atoms. The van der Waals surface area contributed by atoms with Crippen LogP contribution in [0.25, 0.3) is 0 Å². The summed E-state index contributed by atoms with van der Waals surface area (Å²) in [7, 11) is 1.60. The van der Waals surface area contributed by atoms with Crippen molar-refractivity contribution in [3.8, 4) is 0 Å². The van der Waals surface area contributed by atoms with Gasteiger partial charge < -0.3 is 16.2 Å². The second-order valence-corrected chi connectivity index (χ2v) is 7.93. The fourth-order valence-electron chi connectivity index (χ4n) is 2.90. The Morgan fingerprint density at radius 1 is 1.42 bits per heavy atom. The van der Waals surface area contributed by atoms with Gasteiger partial charge >= 0.3 is 17.8 Å². The first-order valence-corrected chi connectivity index (χ1v) is 9.23. The van der Waals surface area contributed by atoms with Gasteiger partial charge in [0.1, 0.15) is 5.50 Å². The number of hydrogen-bond acceptors (Lipinski definition) is 8. The molecule has 9 nitrogen and oxygen atoms in total. The Bertz CT molecular complexity index is 667. The first kappa shape index (κ1) is 17.3. The number of rotatable bonds is 4. The fraction of sp³-hybridized carbons (Fsp3) is 0.538. The van der Waals surface area contributed by atoms with Crippen LogP contribution in [0.2, 0.25) is 0 Å². The molecule has 1 aliphatic carbocycles. The Morgan fingerprint density at radius 3 is 2.79 bits per heavy atom. The third kappa shape index (κ3) is 2.81. The van der Waals surface area contributed by atoms with E-state index in [0.717, 1.165) is 0 Å². The predicted octanol–water partition coefficient (Wildman–Crippen LogP) is -1.88. The number of nitrogens with two attached hydrogens (primary N) is 1. The Morgan fingerprint density at radius 2 is 2.12 bits per heavy atom. The minimum atomic E-state index is -1.10. The number of nitrogens with one attached hydrogen (secondary N) is 2. The van der Waals surface area contributed by atoms with Crippen molar-refractivity contribution in [2.75, 3.05) is 18.6 Å². The number of carbonyl (C=O) groups excluding carboxylic acids is 3. The van der Waals surface area contributed by atoms with Crippen molar-refractivity contribution < 1.29 is 24.3 Å². The minimum absolute atomic E-state index is 0.131. The number of nitrogens with zero attached hydrogens (tertiary/aromatic N) is 1. The van der Waals surface area contributed by atoms with Gasteiger partial charge in [-0.05, 0) is 5.57 Å². The first-order chi connectivity index (χ1) is 11.3. The topological polar surface area (TPSA) is 142 Å². The average molecular weight is 372 g/mol. The van der Waals surface area contributed by atoms with Crippen LogP contribution < -0.4 is 16.5 Å². The molecule has 4 unspecified atom stereocenters. The molecule has 0 aromatic carbocycles. The molecule has 0 spiro atoms. The highest BCUT2D eigenvalue weighted by Crippen LogP contribution is 2.45. The number of fused-ring (bicyclic) bond motifs is 1. The molecule has 0 radical (unpaired) electrons. The van der Waals surface area contributed by atoms with E-state index >= 15 is 0 Å². The van der Waals surface area contributed by atoms with Gasteiger partial charge in [0.25, 0.3) is 0 Å². The number of thioether (sulfide) groups is 2. The van der Waals surface area contributed by atoms with Crippen LogP contribution in [-0.2, 0) is 19.2 Å². The van der Waals surface area contributed by atoms with E-state index in [2.05, 4.69) is 10.7 Å². The summed E-state index contributed by atoms with van der Waals surface area (Å²) >= 11 is 2.76. The van der Waals surface area contributed by atoms with Crippen LogP contribution in [0, 0.1) is 5.92 Å². The van der Waals surface area contributed by atoms with Gasteiger partial charge in [0, 0.05) is 29.4 Å². The highest BCUT2D eigenvalue weighted by atomic mass is 32.2. The highest BCUT2D eigenvalue weighted by molar-refractivity contribution is 8.01. The van der Waals surface area contributed by atoms with E-state index in [-0.39, 0.29) is 16.6 Å². The summed E-state index contributed by atoms with van der Waals surface area (Å²) in [5, 5.41) is 13.3. The summed E-state index contributed by atoms with van der Waals surface area (Å²) in [6.45, 7) is 0. The van der Waals surface area contributed by atoms with Crippen LogP contribution in [0.15, 0.2) is 11.1 Å². The first-order valence-electron chi connectivity index (χ1n) is 7.13. The number of hydrazine groups is 1. The lowest BCUT2D eigenvalue weighted by Gasteiger charge is -2.44. The Kier molecular flexibility index (Phi) is 4.60. The molecule has 0 aromatic heterocycles. The van der Waals surface area contributed by atoms with Crippen molar-refractivity contribution in [1.29, 1.82) is 0 Å². The van der Waals surface area contributed by atoms with Gasteiger partial charge in [-0.3, -0.25) is 19.8 Å². The van der Waals surface area contributed by atoms with Crippen molar-refractivity contribution in [3.05, 3.63) is 11.1 Å². The zero-order chi connectivity index (χ0) is 17.6. The molecular formula is C13H16N4O5S2. The lowest BCUT2D eigenvalue weighted by atomic mass is 9.72. The van der Waals surface area contributed by atoms with Crippen LogP contribution in [-0.4, -0.2) is 69.0 Å². The molecule has 3 rings (SSSR count). The van der Waals surface area contributed by atoms with E-state index in [1.165, 1.54) is 28.5 Å². The largest absolute Gasteiger partial charge is 0.478 e. The van der Waals surface area contributed by atoms with Gasteiger partial charge in [0.2, 0.25) is 0 Å². The lowest BCUT2D eigenvalue weighted by Crippen LogP contribution is -2.63. The van der Waals surface area contributed by atoms with Gasteiger partial charge in [-0.25, -0.2) is 4.79 Å². The van der Waals surface area contributed by atoms with Gasteiger partial charge in [-0.2, -0.15) is 16.8 Å². The number of carbonyl (C=O) groups is 4. The SMILES string of the molecule is CN1NC(=O)C(=O)NC1SCC1=C(C(=O)O)C2C(=O)C(N)C2SC1. The molecule has 2 fully saturated rings. The normalized spacial score (nSPS) is 33.5. The molecule has 1 saturated carbocycles. The Labute approximate surface area is 145 Å². The molecule has 11 heteroatoms. The Balaban J connectivity index is 1.73. The molecule has 4 atom stereocenters. The summed E-state index contributed by atoms with van der Waals surface area (Å²) in [4.78, 5) is 46.2. The second-order valence-electron chi connectivity index (χ2n) is 5.69. The van der Waals surface area contributed by atoms with Crippen molar-refractivity contribution in [1.82, 2.24) is 15.8 Å². The van der Waals surface area contributed by atoms with Crippen LogP contribution in [0.5, 0.6) is 0 Å². The molecule has 1 saturated heterocycles. The lowest BCUT2D eigenvalue weighted by molar-refractivity contribution is -0.146. The maximum Gasteiger partial charge on any atom is 0.332 e. The number of aliphatic carboxylic acids is 1. The molecule has 130 valence electrons. The van der Waals surface area contributed by atoms with E-state index in [1.807, 2.05) is 0 Å². The van der Waals surface area contributed by atoms with E-state index < -0.39 is 35.2 Å². The van der Waals surface area contributed by atoms with Crippen LogP contribution >= 0.6 is 23.5 Å². The summed E-state index contributed by atoms with van der Waals surface area (Å²) in [5.74, 6) is -2.66. The smallest absolute Gasteiger partial charge is 0.332 e. The van der Waals surface area contributed by atoms with Crippen molar-refractivity contribution >= 4 is 47.1 Å². The van der Waals surface area contributed by atoms with E-state index in [9.17, 15) is 24.3 Å².